The second-order valence-corrected chi connectivity index (χ2v) is 6.27. The lowest BCUT2D eigenvalue weighted by atomic mass is 10.1. The predicted molar refractivity (Wildman–Crippen MR) is 94.6 cm³/mol. The molecule has 0 aromatic heterocycles. The highest BCUT2D eigenvalue weighted by molar-refractivity contribution is 9.10. The van der Waals surface area contributed by atoms with Gasteiger partial charge >= 0.3 is 11.9 Å². The minimum absolute atomic E-state index is 0.0787. The number of nitro benzene ring substituents is 1. The number of hydrogen-bond donors (Lipinski definition) is 0. The van der Waals surface area contributed by atoms with Gasteiger partial charge in [-0.2, -0.15) is 0 Å². The number of anilines is 1. The minimum atomic E-state index is -0.826. The van der Waals surface area contributed by atoms with Crippen molar-refractivity contribution in [1.82, 2.24) is 0 Å². The van der Waals surface area contributed by atoms with Crippen LogP contribution in [0.25, 0.3) is 0 Å². The van der Waals surface area contributed by atoms with Gasteiger partial charge in [0.25, 0.3) is 5.69 Å². The molecule has 10 heteroatoms. The van der Waals surface area contributed by atoms with E-state index in [0.717, 1.165) is 19.8 Å². The van der Waals surface area contributed by atoms with Crippen molar-refractivity contribution in [3.05, 3.63) is 43.1 Å². The van der Waals surface area contributed by atoms with Crippen LogP contribution in [0.3, 0.4) is 0 Å². The summed E-state index contributed by atoms with van der Waals surface area (Å²) in [7, 11) is 2.32. The molecule has 0 bridgehead atoms. The summed E-state index contributed by atoms with van der Waals surface area (Å²) < 4.78 is 15.3. The number of benzene rings is 1. The lowest BCUT2D eigenvalue weighted by Gasteiger charge is -2.32. The number of carbonyl (C=O) groups excluding carboxylic acids is 2. The van der Waals surface area contributed by atoms with Crippen LogP contribution in [0.4, 0.5) is 11.4 Å². The maximum atomic E-state index is 12.4. The van der Waals surface area contributed by atoms with E-state index in [0.29, 0.717) is 10.0 Å². The van der Waals surface area contributed by atoms with E-state index >= 15 is 0 Å². The average Bonchev–Trinajstić information content (AvgIpc) is 2.63. The second-order valence-electron chi connectivity index (χ2n) is 5.47. The molecule has 0 amide bonds. The highest BCUT2D eigenvalue weighted by atomic mass is 79.9. The zero-order valence-corrected chi connectivity index (χ0v) is 16.2. The summed E-state index contributed by atoms with van der Waals surface area (Å²) in [4.78, 5) is 36.7. The van der Waals surface area contributed by atoms with Gasteiger partial charge in [-0.05, 0) is 40.9 Å². The van der Waals surface area contributed by atoms with E-state index in [9.17, 15) is 19.7 Å². The van der Waals surface area contributed by atoms with Crippen LogP contribution in [0.1, 0.15) is 11.1 Å². The molecule has 0 unspecified atom stereocenters. The first-order valence-electron chi connectivity index (χ1n) is 7.43. The number of carbonyl (C=O) groups is 2. The Labute approximate surface area is 157 Å². The van der Waals surface area contributed by atoms with E-state index in [1.807, 2.05) is 0 Å². The Morgan fingerprint density at radius 2 is 1.88 bits per heavy atom. The number of nitrogens with zero attached hydrogens (tertiary/aromatic N) is 2. The third kappa shape index (κ3) is 3.42. The Kier molecular flexibility index (Phi) is 5.98. The summed E-state index contributed by atoms with van der Waals surface area (Å²) in [6.45, 7) is 3.16. The lowest BCUT2D eigenvalue weighted by Crippen LogP contribution is -2.39. The standard InChI is InChI=1S/C16H17BrN2O7/c1-8-5-11(19(22)23)14(12(17)9(8)2)18-7-26-6-10(15(20)24-3)13(18)16(21)25-4/h5H,6-7H2,1-4H3. The average molecular weight is 429 g/mol. The third-order valence-electron chi connectivity index (χ3n) is 4.02. The Bertz CT molecular complexity index is 819. The Balaban J connectivity index is 2.81. The first kappa shape index (κ1) is 19.9. The molecule has 0 radical (unpaired) electrons. The van der Waals surface area contributed by atoms with Crippen molar-refractivity contribution in [3.8, 4) is 0 Å². The number of methoxy groups -OCH3 is 2. The molecule has 1 aliphatic heterocycles. The third-order valence-corrected chi connectivity index (χ3v) is 4.99. The molecule has 26 heavy (non-hydrogen) atoms. The summed E-state index contributed by atoms with van der Waals surface area (Å²) in [5.74, 6) is -1.61. The van der Waals surface area contributed by atoms with Gasteiger partial charge in [-0.1, -0.05) is 0 Å². The van der Waals surface area contributed by atoms with Crippen molar-refractivity contribution in [2.24, 2.45) is 0 Å². The normalized spacial score (nSPS) is 14.3. The fourth-order valence-electron chi connectivity index (χ4n) is 2.56. The van der Waals surface area contributed by atoms with Crippen LogP contribution in [0, 0.1) is 24.0 Å². The van der Waals surface area contributed by atoms with Gasteiger partial charge in [-0.3, -0.25) is 10.1 Å². The Morgan fingerprint density at radius 1 is 1.27 bits per heavy atom. The van der Waals surface area contributed by atoms with Crippen LogP contribution < -0.4 is 4.90 Å². The molecule has 140 valence electrons. The summed E-state index contributed by atoms with van der Waals surface area (Å²) in [5, 5.41) is 11.6. The number of ether oxygens (including phenoxy) is 3. The monoisotopic (exact) mass is 428 g/mol. The van der Waals surface area contributed by atoms with Gasteiger partial charge in [0.05, 0.1) is 35.8 Å². The molecule has 0 aliphatic carbocycles. The van der Waals surface area contributed by atoms with E-state index in [1.54, 1.807) is 13.8 Å². The number of halogens is 1. The second kappa shape index (κ2) is 7.83. The van der Waals surface area contributed by atoms with E-state index in [1.165, 1.54) is 11.0 Å². The number of esters is 2. The molecule has 9 nitrogen and oxygen atoms in total. The number of nitro groups is 1. The SMILES string of the molecule is COC(=O)C1=C(C(=O)OC)N(c2c([N+](=O)[O-])cc(C)c(C)c2Br)COC1. The molecular formula is C16H17BrN2O7. The maximum absolute atomic E-state index is 12.4. The van der Waals surface area contributed by atoms with Crippen molar-refractivity contribution in [2.45, 2.75) is 13.8 Å². The number of hydrogen-bond acceptors (Lipinski definition) is 8. The van der Waals surface area contributed by atoms with Crippen LogP contribution in [-0.4, -0.2) is 44.4 Å². The van der Waals surface area contributed by atoms with E-state index in [2.05, 4.69) is 15.9 Å². The van der Waals surface area contributed by atoms with Gasteiger partial charge in [0.15, 0.2) is 0 Å². The summed E-state index contributed by atoms with van der Waals surface area (Å²) in [5.41, 5.74) is 1.07. The van der Waals surface area contributed by atoms with Gasteiger partial charge in [0.2, 0.25) is 0 Å². The smallest absolute Gasteiger partial charge is 0.355 e. The van der Waals surface area contributed by atoms with E-state index < -0.39 is 16.9 Å². The van der Waals surface area contributed by atoms with Crippen molar-refractivity contribution in [2.75, 3.05) is 32.5 Å². The molecule has 0 N–H and O–H groups in total. The molecule has 1 aromatic carbocycles. The molecule has 1 heterocycles. The number of aryl methyl sites for hydroxylation is 1. The predicted octanol–water partition coefficient (Wildman–Crippen LogP) is 2.37. The summed E-state index contributed by atoms with van der Waals surface area (Å²) in [6, 6.07) is 1.40. The molecule has 2 rings (SSSR count). The van der Waals surface area contributed by atoms with Crippen LogP contribution in [0.2, 0.25) is 0 Å². The molecule has 0 atom stereocenters. The highest BCUT2D eigenvalue weighted by Crippen LogP contribution is 2.42. The zero-order chi connectivity index (χ0) is 19.6. The first-order chi connectivity index (χ1) is 12.2. The Hall–Kier alpha value is -2.46. The van der Waals surface area contributed by atoms with Gasteiger partial charge in [0.1, 0.15) is 18.1 Å². The molecule has 0 saturated heterocycles. The Morgan fingerprint density at radius 3 is 2.42 bits per heavy atom. The van der Waals surface area contributed by atoms with Gasteiger partial charge in [0, 0.05) is 6.07 Å². The van der Waals surface area contributed by atoms with Gasteiger partial charge < -0.3 is 19.1 Å². The molecule has 0 saturated carbocycles. The largest absolute Gasteiger partial charge is 0.466 e. The van der Waals surface area contributed by atoms with Crippen molar-refractivity contribution >= 4 is 39.2 Å². The van der Waals surface area contributed by atoms with Crippen molar-refractivity contribution in [3.63, 3.8) is 0 Å². The molecular weight excluding hydrogens is 412 g/mol. The molecule has 1 aliphatic rings. The van der Waals surface area contributed by atoms with Crippen LogP contribution in [0.5, 0.6) is 0 Å². The van der Waals surface area contributed by atoms with E-state index in [4.69, 9.17) is 14.2 Å². The highest BCUT2D eigenvalue weighted by Gasteiger charge is 2.37. The fraction of sp³-hybridized carbons (Fsp3) is 0.375. The van der Waals surface area contributed by atoms with E-state index in [-0.39, 0.29) is 36.0 Å². The molecule has 0 fully saturated rings. The minimum Gasteiger partial charge on any atom is -0.466 e. The first-order valence-corrected chi connectivity index (χ1v) is 8.23. The molecule has 0 spiro atoms. The fourth-order valence-corrected chi connectivity index (χ4v) is 3.29. The van der Waals surface area contributed by atoms with Gasteiger partial charge in [-0.25, -0.2) is 9.59 Å². The zero-order valence-electron chi connectivity index (χ0n) is 14.6. The van der Waals surface area contributed by atoms with Crippen LogP contribution in [0.15, 0.2) is 21.8 Å². The van der Waals surface area contributed by atoms with Crippen molar-refractivity contribution in [1.29, 1.82) is 0 Å². The van der Waals surface area contributed by atoms with Crippen LogP contribution in [-0.2, 0) is 23.8 Å². The van der Waals surface area contributed by atoms with Crippen LogP contribution >= 0.6 is 15.9 Å². The molecule has 1 aromatic rings. The summed E-state index contributed by atoms with van der Waals surface area (Å²) >= 11 is 3.37. The lowest BCUT2D eigenvalue weighted by molar-refractivity contribution is -0.384. The number of rotatable bonds is 4. The topological polar surface area (TPSA) is 108 Å². The summed E-state index contributed by atoms with van der Waals surface area (Å²) in [6.07, 6.45) is 0. The quantitative estimate of drug-likeness (QED) is 0.408. The van der Waals surface area contributed by atoms with Gasteiger partial charge in [-0.15, -0.1) is 0 Å². The maximum Gasteiger partial charge on any atom is 0.355 e. The van der Waals surface area contributed by atoms with Crippen molar-refractivity contribution < 1.29 is 28.7 Å².